The molecular formula is C34H46N4O. The topological polar surface area (TPSA) is 31.0 Å². The lowest BCUT2D eigenvalue weighted by Crippen LogP contribution is -2.47. The van der Waals surface area contributed by atoms with Gasteiger partial charge in [-0.05, 0) is 82.0 Å². The number of hydrogen-bond acceptors (Lipinski definition) is 5. The van der Waals surface area contributed by atoms with E-state index >= 15 is 0 Å². The molecule has 3 aromatic carbocycles. The number of rotatable bonds is 12. The summed E-state index contributed by atoms with van der Waals surface area (Å²) < 4.78 is 6.18. The van der Waals surface area contributed by atoms with E-state index in [0.29, 0.717) is 12.6 Å². The number of benzene rings is 3. The first-order chi connectivity index (χ1) is 19.2. The average Bonchev–Trinajstić information content (AvgIpc) is 2.99. The van der Waals surface area contributed by atoms with Crippen molar-refractivity contribution >= 4 is 5.69 Å². The molecule has 0 spiro atoms. The molecular weight excluding hydrogens is 480 g/mol. The van der Waals surface area contributed by atoms with E-state index in [2.05, 4.69) is 99.7 Å². The summed E-state index contributed by atoms with van der Waals surface area (Å²) in [5, 5.41) is 3.84. The molecule has 5 rings (SSSR count). The Kier molecular flexibility index (Phi) is 10.3. The van der Waals surface area contributed by atoms with Crippen molar-refractivity contribution in [2.75, 3.05) is 57.3 Å². The lowest BCUT2D eigenvalue weighted by Gasteiger charge is -2.37. The predicted molar refractivity (Wildman–Crippen MR) is 163 cm³/mol. The van der Waals surface area contributed by atoms with E-state index in [0.717, 1.165) is 45.0 Å². The van der Waals surface area contributed by atoms with Gasteiger partial charge in [0.15, 0.2) is 0 Å². The summed E-state index contributed by atoms with van der Waals surface area (Å²) >= 11 is 0. The lowest BCUT2D eigenvalue weighted by molar-refractivity contribution is 0.190. The molecule has 2 fully saturated rings. The van der Waals surface area contributed by atoms with Crippen LogP contribution in [-0.2, 0) is 13.2 Å². The van der Waals surface area contributed by atoms with E-state index in [4.69, 9.17) is 4.74 Å². The monoisotopic (exact) mass is 526 g/mol. The molecule has 1 N–H and O–H groups in total. The van der Waals surface area contributed by atoms with Crippen LogP contribution in [0.5, 0.6) is 5.75 Å². The van der Waals surface area contributed by atoms with E-state index < -0.39 is 0 Å². The molecule has 3 aromatic rings. The number of ether oxygens (including phenoxy) is 1. The third-order valence-electron chi connectivity index (χ3n) is 8.38. The van der Waals surface area contributed by atoms with Crippen LogP contribution < -0.4 is 15.0 Å². The minimum absolute atomic E-state index is 0.612. The second-order valence-electron chi connectivity index (χ2n) is 11.2. The fraction of sp³-hybridized carbons (Fsp3) is 0.471. The van der Waals surface area contributed by atoms with Gasteiger partial charge in [0.2, 0.25) is 0 Å². The van der Waals surface area contributed by atoms with Crippen LogP contribution in [-0.4, -0.2) is 68.2 Å². The molecule has 208 valence electrons. The van der Waals surface area contributed by atoms with Crippen molar-refractivity contribution in [3.8, 4) is 5.75 Å². The third-order valence-corrected chi connectivity index (χ3v) is 8.38. The van der Waals surface area contributed by atoms with Gasteiger partial charge in [-0.15, -0.1) is 0 Å². The first-order valence-electron chi connectivity index (χ1n) is 15.0. The summed E-state index contributed by atoms with van der Waals surface area (Å²) in [5.41, 5.74) is 5.20. The molecule has 2 aliphatic rings. The molecule has 0 bridgehead atoms. The first-order valence-corrected chi connectivity index (χ1v) is 15.0. The SMILES string of the molecule is Cc1c(OCc2ccccc2)cccc1N1CCN(CCCCNC2CCN(Cc3ccccc3)CC2)CC1. The highest BCUT2D eigenvalue weighted by Gasteiger charge is 2.20. The smallest absolute Gasteiger partial charge is 0.124 e. The van der Waals surface area contributed by atoms with E-state index in [-0.39, 0.29) is 0 Å². The van der Waals surface area contributed by atoms with Gasteiger partial charge in [-0.25, -0.2) is 0 Å². The number of likely N-dealkylation sites (tertiary alicyclic amines) is 1. The normalized spacial score (nSPS) is 17.4. The fourth-order valence-corrected chi connectivity index (χ4v) is 5.95. The molecule has 5 nitrogen and oxygen atoms in total. The van der Waals surface area contributed by atoms with Crippen molar-refractivity contribution in [1.29, 1.82) is 0 Å². The Hall–Kier alpha value is -2.86. The first kappa shape index (κ1) is 27.7. The van der Waals surface area contributed by atoms with Gasteiger partial charge in [-0.2, -0.15) is 0 Å². The molecule has 0 aliphatic carbocycles. The van der Waals surface area contributed by atoms with Crippen LogP contribution in [0.2, 0.25) is 0 Å². The molecule has 39 heavy (non-hydrogen) atoms. The Morgan fingerprint density at radius 3 is 2.13 bits per heavy atom. The second-order valence-corrected chi connectivity index (χ2v) is 11.2. The van der Waals surface area contributed by atoms with Crippen molar-refractivity contribution in [1.82, 2.24) is 15.1 Å². The van der Waals surface area contributed by atoms with Crippen LogP contribution in [0, 0.1) is 6.92 Å². The number of piperazine rings is 1. The minimum Gasteiger partial charge on any atom is -0.489 e. The second kappa shape index (κ2) is 14.5. The highest BCUT2D eigenvalue weighted by atomic mass is 16.5. The molecule has 0 atom stereocenters. The van der Waals surface area contributed by atoms with Crippen LogP contribution >= 0.6 is 0 Å². The highest BCUT2D eigenvalue weighted by molar-refractivity contribution is 5.59. The van der Waals surface area contributed by atoms with Crippen LogP contribution in [0.15, 0.2) is 78.9 Å². The van der Waals surface area contributed by atoms with Gasteiger partial charge in [-0.3, -0.25) is 9.80 Å². The number of unbranched alkanes of at least 4 members (excludes halogenated alkanes) is 1. The van der Waals surface area contributed by atoms with E-state index in [1.165, 1.54) is 67.7 Å². The number of piperidine rings is 1. The van der Waals surface area contributed by atoms with Gasteiger partial charge in [0.25, 0.3) is 0 Å². The Morgan fingerprint density at radius 1 is 0.718 bits per heavy atom. The quantitative estimate of drug-likeness (QED) is 0.305. The Morgan fingerprint density at radius 2 is 1.41 bits per heavy atom. The zero-order chi connectivity index (χ0) is 26.7. The van der Waals surface area contributed by atoms with Crippen molar-refractivity contribution < 1.29 is 4.74 Å². The van der Waals surface area contributed by atoms with Crippen LogP contribution in [0.1, 0.15) is 42.4 Å². The van der Waals surface area contributed by atoms with Crippen molar-refractivity contribution in [2.45, 2.75) is 51.8 Å². The van der Waals surface area contributed by atoms with Gasteiger partial charge >= 0.3 is 0 Å². The standard InChI is InChI=1S/C34H46N4O/c1-29-33(15-10-16-34(29)39-28-31-13-6-3-7-14-31)38-25-23-36(24-26-38)20-9-8-19-35-32-17-21-37(22-18-32)27-30-11-4-2-5-12-30/h2-7,10-16,32,35H,8-9,17-28H2,1H3. The predicted octanol–water partition coefficient (Wildman–Crippen LogP) is 5.73. The Labute approximate surface area is 235 Å². The lowest BCUT2D eigenvalue weighted by atomic mass is 10.0. The van der Waals surface area contributed by atoms with Crippen molar-refractivity contribution in [3.05, 3.63) is 95.6 Å². The fourth-order valence-electron chi connectivity index (χ4n) is 5.95. The summed E-state index contributed by atoms with van der Waals surface area (Å²) in [5.74, 6) is 0.994. The van der Waals surface area contributed by atoms with E-state index in [1.54, 1.807) is 0 Å². The van der Waals surface area contributed by atoms with Gasteiger partial charge in [-0.1, -0.05) is 66.7 Å². The summed E-state index contributed by atoms with van der Waals surface area (Å²) in [6.45, 7) is 13.1. The van der Waals surface area contributed by atoms with E-state index in [9.17, 15) is 0 Å². The van der Waals surface area contributed by atoms with Gasteiger partial charge in [0, 0.05) is 50.0 Å². The van der Waals surface area contributed by atoms with E-state index in [1.807, 2.05) is 6.07 Å². The maximum atomic E-state index is 6.18. The summed E-state index contributed by atoms with van der Waals surface area (Å²) in [7, 11) is 0. The molecule has 0 aromatic heterocycles. The van der Waals surface area contributed by atoms with Gasteiger partial charge in [0.05, 0.1) is 0 Å². The summed E-state index contributed by atoms with van der Waals surface area (Å²) in [6, 6.07) is 28.5. The molecule has 2 saturated heterocycles. The molecule has 0 amide bonds. The maximum Gasteiger partial charge on any atom is 0.124 e. The third kappa shape index (κ3) is 8.31. The van der Waals surface area contributed by atoms with Gasteiger partial charge in [0.1, 0.15) is 12.4 Å². The molecule has 5 heteroatoms. The highest BCUT2D eigenvalue weighted by Crippen LogP contribution is 2.30. The Bertz CT molecular complexity index is 1110. The minimum atomic E-state index is 0.612. The number of nitrogens with zero attached hydrogens (tertiary/aromatic N) is 3. The van der Waals surface area contributed by atoms with Crippen molar-refractivity contribution in [3.63, 3.8) is 0 Å². The largest absolute Gasteiger partial charge is 0.489 e. The van der Waals surface area contributed by atoms with Crippen LogP contribution in [0.25, 0.3) is 0 Å². The molecule has 0 saturated carbocycles. The van der Waals surface area contributed by atoms with Crippen LogP contribution in [0.4, 0.5) is 5.69 Å². The Balaban J connectivity index is 0.953. The molecule has 2 heterocycles. The van der Waals surface area contributed by atoms with Crippen LogP contribution in [0.3, 0.4) is 0 Å². The average molecular weight is 527 g/mol. The zero-order valence-electron chi connectivity index (χ0n) is 23.7. The van der Waals surface area contributed by atoms with Gasteiger partial charge < -0.3 is 15.0 Å². The molecule has 2 aliphatic heterocycles. The summed E-state index contributed by atoms with van der Waals surface area (Å²) in [4.78, 5) is 7.78. The molecule has 0 unspecified atom stereocenters. The molecule has 0 radical (unpaired) electrons. The number of hydrogen-bond donors (Lipinski definition) is 1. The number of nitrogens with one attached hydrogen (secondary N) is 1. The van der Waals surface area contributed by atoms with Crippen molar-refractivity contribution in [2.24, 2.45) is 0 Å². The zero-order valence-corrected chi connectivity index (χ0v) is 23.7. The maximum absolute atomic E-state index is 6.18. The summed E-state index contributed by atoms with van der Waals surface area (Å²) in [6.07, 6.45) is 5.09. The number of anilines is 1.